The van der Waals surface area contributed by atoms with Crippen molar-refractivity contribution in [1.29, 1.82) is 0 Å². The molecule has 0 aliphatic carbocycles. The van der Waals surface area contributed by atoms with E-state index in [0.29, 0.717) is 0 Å². The van der Waals surface area contributed by atoms with Gasteiger partial charge in [0.2, 0.25) is 5.91 Å². The Labute approximate surface area is 70.9 Å². The van der Waals surface area contributed by atoms with Gasteiger partial charge in [0.05, 0.1) is 5.92 Å². The van der Waals surface area contributed by atoms with E-state index < -0.39 is 0 Å². The topological polar surface area (TPSA) is 49.4 Å². The van der Waals surface area contributed by atoms with Gasteiger partial charge in [0.15, 0.2) is 0 Å². The fourth-order valence-corrected chi connectivity index (χ4v) is 2.03. The first-order chi connectivity index (χ1) is 5.70. The Kier molecular flexibility index (Phi) is 1.56. The second kappa shape index (κ2) is 2.47. The van der Waals surface area contributed by atoms with Gasteiger partial charge in [0, 0.05) is 12.6 Å². The van der Waals surface area contributed by atoms with Crippen LogP contribution in [-0.2, 0) is 4.79 Å². The van der Waals surface area contributed by atoms with Crippen molar-refractivity contribution in [2.24, 2.45) is 5.92 Å². The van der Waals surface area contributed by atoms with E-state index in [1.54, 1.807) is 4.90 Å². The average Bonchev–Trinajstić information content (AvgIpc) is 2.48. The first kappa shape index (κ1) is 7.58. The molecule has 2 heterocycles. The first-order valence-corrected chi connectivity index (χ1v) is 4.31. The van der Waals surface area contributed by atoms with Crippen molar-refractivity contribution < 1.29 is 9.59 Å². The quantitative estimate of drug-likeness (QED) is 0.567. The van der Waals surface area contributed by atoms with Crippen LogP contribution in [0.1, 0.15) is 19.8 Å². The monoisotopic (exact) mass is 168 g/mol. The minimum atomic E-state index is -0.208. The van der Waals surface area contributed by atoms with Crippen LogP contribution in [0.15, 0.2) is 0 Å². The van der Waals surface area contributed by atoms with Gasteiger partial charge in [-0.2, -0.15) is 0 Å². The number of imide groups is 1. The Bertz CT molecular complexity index is 239. The van der Waals surface area contributed by atoms with E-state index in [1.807, 2.05) is 6.92 Å². The highest BCUT2D eigenvalue weighted by atomic mass is 16.2. The third-order valence-electron chi connectivity index (χ3n) is 2.78. The summed E-state index contributed by atoms with van der Waals surface area (Å²) in [6, 6.07) is -0.0492. The maximum atomic E-state index is 11.2. The predicted molar refractivity (Wildman–Crippen MR) is 42.4 cm³/mol. The Morgan fingerprint density at radius 1 is 1.50 bits per heavy atom. The molecule has 12 heavy (non-hydrogen) atoms. The summed E-state index contributed by atoms with van der Waals surface area (Å²) < 4.78 is 0. The van der Waals surface area contributed by atoms with E-state index in [1.165, 1.54) is 0 Å². The predicted octanol–water partition coefficient (Wildman–Crippen LogP) is 0.337. The van der Waals surface area contributed by atoms with Crippen LogP contribution in [0.2, 0.25) is 0 Å². The lowest BCUT2D eigenvalue weighted by Crippen LogP contribution is -2.56. The number of urea groups is 1. The number of carbonyl (C=O) groups excluding carboxylic acids is 2. The van der Waals surface area contributed by atoms with Gasteiger partial charge in [-0.25, -0.2) is 4.79 Å². The van der Waals surface area contributed by atoms with Crippen LogP contribution in [0.5, 0.6) is 0 Å². The zero-order valence-corrected chi connectivity index (χ0v) is 7.04. The van der Waals surface area contributed by atoms with Gasteiger partial charge in [-0.3, -0.25) is 10.1 Å². The summed E-state index contributed by atoms with van der Waals surface area (Å²) in [7, 11) is 0. The summed E-state index contributed by atoms with van der Waals surface area (Å²) in [6.07, 6.45) is 2.00. The molecule has 2 saturated heterocycles. The standard InChI is InChI=1S/C8H12N2O2/c1-5-6-3-2-4-10(6)8(12)9-7(5)11/h5-6H,2-4H2,1H3,(H,9,11,12)/t5-,6-/m0/s1. The van der Waals surface area contributed by atoms with Crippen LogP contribution in [0.25, 0.3) is 0 Å². The molecule has 66 valence electrons. The zero-order valence-electron chi connectivity index (χ0n) is 7.04. The third-order valence-corrected chi connectivity index (χ3v) is 2.78. The van der Waals surface area contributed by atoms with Crippen molar-refractivity contribution >= 4 is 11.9 Å². The van der Waals surface area contributed by atoms with Crippen molar-refractivity contribution in [3.05, 3.63) is 0 Å². The maximum absolute atomic E-state index is 11.2. The molecule has 0 saturated carbocycles. The second-order valence-electron chi connectivity index (χ2n) is 3.49. The van der Waals surface area contributed by atoms with E-state index in [9.17, 15) is 9.59 Å². The molecule has 0 spiro atoms. The molecule has 4 heteroatoms. The lowest BCUT2D eigenvalue weighted by molar-refractivity contribution is -0.126. The fraction of sp³-hybridized carbons (Fsp3) is 0.750. The lowest BCUT2D eigenvalue weighted by atomic mass is 9.97. The summed E-state index contributed by atoms with van der Waals surface area (Å²) in [4.78, 5) is 24.2. The third kappa shape index (κ3) is 0.906. The van der Waals surface area contributed by atoms with E-state index in [2.05, 4.69) is 5.32 Å². The van der Waals surface area contributed by atoms with Crippen LogP contribution >= 0.6 is 0 Å². The molecule has 2 rings (SSSR count). The van der Waals surface area contributed by atoms with Crippen LogP contribution in [-0.4, -0.2) is 29.4 Å². The molecule has 2 aliphatic heterocycles. The molecule has 0 radical (unpaired) electrons. The van der Waals surface area contributed by atoms with Gasteiger partial charge in [0.25, 0.3) is 0 Å². The van der Waals surface area contributed by atoms with Gasteiger partial charge in [-0.1, -0.05) is 6.92 Å². The molecule has 2 fully saturated rings. The Hall–Kier alpha value is -1.06. The molecular weight excluding hydrogens is 156 g/mol. The Balaban J connectivity index is 2.23. The van der Waals surface area contributed by atoms with Crippen LogP contribution in [0.3, 0.4) is 0 Å². The number of hydrogen-bond donors (Lipinski definition) is 1. The summed E-state index contributed by atoms with van der Waals surface area (Å²) >= 11 is 0. The smallest absolute Gasteiger partial charge is 0.321 e. The summed E-state index contributed by atoms with van der Waals surface area (Å²) in [6.45, 7) is 2.68. The highest BCUT2D eigenvalue weighted by molar-refractivity contribution is 5.98. The number of amides is 3. The van der Waals surface area contributed by atoms with Crippen molar-refractivity contribution in [3.8, 4) is 0 Å². The molecule has 3 amide bonds. The Morgan fingerprint density at radius 3 is 3.00 bits per heavy atom. The van der Waals surface area contributed by atoms with E-state index in [0.717, 1.165) is 19.4 Å². The largest absolute Gasteiger partial charge is 0.324 e. The number of nitrogens with zero attached hydrogens (tertiary/aromatic N) is 1. The van der Waals surface area contributed by atoms with Gasteiger partial charge in [-0.15, -0.1) is 0 Å². The molecule has 0 aromatic heterocycles. The van der Waals surface area contributed by atoms with E-state index in [4.69, 9.17) is 0 Å². The van der Waals surface area contributed by atoms with Crippen LogP contribution in [0, 0.1) is 5.92 Å². The van der Waals surface area contributed by atoms with Crippen LogP contribution in [0.4, 0.5) is 4.79 Å². The molecule has 2 aliphatic rings. The molecule has 4 nitrogen and oxygen atoms in total. The average molecular weight is 168 g/mol. The van der Waals surface area contributed by atoms with Gasteiger partial charge < -0.3 is 4.90 Å². The molecule has 0 unspecified atom stereocenters. The Morgan fingerprint density at radius 2 is 2.25 bits per heavy atom. The number of carbonyl (C=O) groups is 2. The van der Waals surface area contributed by atoms with Crippen molar-refractivity contribution in [1.82, 2.24) is 10.2 Å². The van der Waals surface area contributed by atoms with Crippen LogP contribution < -0.4 is 5.32 Å². The fourth-order valence-electron chi connectivity index (χ4n) is 2.03. The summed E-state index contributed by atoms with van der Waals surface area (Å²) in [5, 5.41) is 2.35. The molecule has 0 bridgehead atoms. The van der Waals surface area contributed by atoms with Gasteiger partial charge >= 0.3 is 6.03 Å². The maximum Gasteiger partial charge on any atom is 0.324 e. The van der Waals surface area contributed by atoms with E-state index in [-0.39, 0.29) is 23.9 Å². The van der Waals surface area contributed by atoms with Gasteiger partial charge in [-0.05, 0) is 12.8 Å². The van der Waals surface area contributed by atoms with Gasteiger partial charge in [0.1, 0.15) is 0 Å². The van der Waals surface area contributed by atoms with Crippen molar-refractivity contribution in [2.45, 2.75) is 25.8 Å². The molecular formula is C8H12N2O2. The zero-order chi connectivity index (χ0) is 8.72. The summed E-state index contributed by atoms with van der Waals surface area (Å²) in [5.41, 5.74) is 0. The minimum absolute atomic E-state index is 0.0369. The highest BCUT2D eigenvalue weighted by Crippen LogP contribution is 2.26. The minimum Gasteiger partial charge on any atom is -0.321 e. The first-order valence-electron chi connectivity index (χ1n) is 4.31. The second-order valence-corrected chi connectivity index (χ2v) is 3.49. The normalized spacial score (nSPS) is 34.9. The highest BCUT2D eigenvalue weighted by Gasteiger charge is 2.40. The number of hydrogen-bond acceptors (Lipinski definition) is 2. The van der Waals surface area contributed by atoms with Crippen molar-refractivity contribution in [2.75, 3.05) is 6.54 Å². The molecule has 1 N–H and O–H groups in total. The SMILES string of the molecule is C[C@@H]1C(=O)NC(=O)N2CCC[C@@H]12. The molecule has 2 atom stereocenters. The van der Waals surface area contributed by atoms with Crippen molar-refractivity contribution in [3.63, 3.8) is 0 Å². The number of fused-ring (bicyclic) bond motifs is 1. The number of rotatable bonds is 0. The summed E-state index contributed by atoms with van der Waals surface area (Å²) in [5.74, 6) is -0.159. The lowest BCUT2D eigenvalue weighted by Gasteiger charge is -2.33. The molecule has 0 aromatic carbocycles. The number of nitrogens with one attached hydrogen (secondary N) is 1. The van der Waals surface area contributed by atoms with E-state index >= 15 is 0 Å². The molecule has 0 aromatic rings.